The lowest BCUT2D eigenvalue weighted by Crippen LogP contribution is -2.18. The lowest BCUT2D eigenvalue weighted by molar-refractivity contribution is 0.419. The van der Waals surface area contributed by atoms with E-state index < -0.39 is 17.5 Å². The molecule has 1 rings (SSSR count). The normalized spacial score (nSPS) is 12.6. The zero-order valence-electron chi connectivity index (χ0n) is 13.0. The summed E-state index contributed by atoms with van der Waals surface area (Å²) in [4.78, 5) is 0. The Hall–Kier alpha value is -1.03. The Morgan fingerprint density at radius 1 is 0.905 bits per heavy atom. The average Bonchev–Trinajstić information content (AvgIpc) is 2.49. The summed E-state index contributed by atoms with van der Waals surface area (Å²) in [6, 6.07) is 2.05. The molecule has 0 bridgehead atoms. The molecule has 0 saturated carbocycles. The lowest BCUT2D eigenvalue weighted by Gasteiger charge is -2.17. The molecule has 0 aromatic heterocycles. The van der Waals surface area contributed by atoms with Crippen molar-refractivity contribution >= 4 is 0 Å². The first-order valence-corrected chi connectivity index (χ1v) is 7.92. The van der Waals surface area contributed by atoms with Crippen molar-refractivity contribution in [2.45, 2.75) is 64.3 Å². The van der Waals surface area contributed by atoms with Gasteiger partial charge in [-0.2, -0.15) is 0 Å². The van der Waals surface area contributed by atoms with Crippen molar-refractivity contribution < 1.29 is 13.2 Å². The number of nitrogens with one attached hydrogen (secondary N) is 1. The summed E-state index contributed by atoms with van der Waals surface area (Å²) >= 11 is 0. The van der Waals surface area contributed by atoms with Crippen molar-refractivity contribution in [2.75, 3.05) is 7.05 Å². The Bertz CT molecular complexity index is 421. The molecule has 4 heteroatoms. The first-order chi connectivity index (χ1) is 10.1. The van der Waals surface area contributed by atoms with Crippen LogP contribution in [0.1, 0.15) is 69.9 Å². The van der Waals surface area contributed by atoms with Gasteiger partial charge in [-0.3, -0.25) is 0 Å². The number of halogens is 3. The highest BCUT2D eigenvalue weighted by molar-refractivity contribution is 5.23. The predicted octanol–water partition coefficient (Wildman–Crippen LogP) is 5.51. The van der Waals surface area contributed by atoms with Crippen molar-refractivity contribution in [1.29, 1.82) is 0 Å². The van der Waals surface area contributed by atoms with Crippen molar-refractivity contribution in [2.24, 2.45) is 0 Å². The number of hydrogen-bond donors (Lipinski definition) is 1. The van der Waals surface area contributed by atoms with Crippen molar-refractivity contribution in [1.82, 2.24) is 5.32 Å². The van der Waals surface area contributed by atoms with Gasteiger partial charge in [0.15, 0.2) is 17.5 Å². The number of benzene rings is 1. The van der Waals surface area contributed by atoms with E-state index in [2.05, 4.69) is 12.2 Å². The second kappa shape index (κ2) is 9.82. The third kappa shape index (κ3) is 5.70. The molecule has 1 aromatic carbocycles. The lowest BCUT2D eigenvalue weighted by atomic mass is 9.99. The molecule has 1 aromatic rings. The Morgan fingerprint density at radius 3 is 2.14 bits per heavy atom. The van der Waals surface area contributed by atoms with E-state index in [0.717, 1.165) is 25.3 Å². The zero-order chi connectivity index (χ0) is 15.7. The molecular weight excluding hydrogens is 275 g/mol. The average molecular weight is 301 g/mol. The zero-order valence-corrected chi connectivity index (χ0v) is 13.0. The molecular formula is C17H26F3N. The molecule has 0 aliphatic heterocycles. The Balaban J connectivity index is 2.43. The van der Waals surface area contributed by atoms with Gasteiger partial charge in [0, 0.05) is 11.6 Å². The third-order valence-electron chi connectivity index (χ3n) is 3.89. The van der Waals surface area contributed by atoms with Gasteiger partial charge in [-0.05, 0) is 19.5 Å². The second-order valence-electron chi connectivity index (χ2n) is 5.52. The van der Waals surface area contributed by atoms with Gasteiger partial charge >= 0.3 is 0 Å². The summed E-state index contributed by atoms with van der Waals surface area (Å²) in [7, 11) is 1.71. The van der Waals surface area contributed by atoms with Crippen LogP contribution in [-0.2, 0) is 0 Å². The minimum absolute atomic E-state index is 0.211. The third-order valence-corrected chi connectivity index (χ3v) is 3.89. The number of unbranched alkanes of at least 4 members (excludes halogenated alkanes) is 6. The standard InChI is InChI=1S/C17H26F3N/c1-3-4-5-6-7-8-9-10-15(21-2)13-11-12-14(18)17(20)16(13)19/h11-12,15,21H,3-10H2,1-2H3. The van der Waals surface area contributed by atoms with Crippen LogP contribution < -0.4 is 5.32 Å². The summed E-state index contributed by atoms with van der Waals surface area (Å²) in [5.41, 5.74) is 0.211. The molecule has 0 saturated heterocycles. The highest BCUT2D eigenvalue weighted by atomic mass is 19.2. The fraction of sp³-hybridized carbons (Fsp3) is 0.647. The van der Waals surface area contributed by atoms with Gasteiger partial charge in [-0.1, -0.05) is 57.9 Å². The molecule has 1 nitrogen and oxygen atoms in total. The van der Waals surface area contributed by atoms with Crippen LogP contribution in [0.25, 0.3) is 0 Å². The minimum atomic E-state index is -1.38. The monoisotopic (exact) mass is 301 g/mol. The summed E-state index contributed by atoms with van der Waals surface area (Å²) in [5, 5.41) is 2.99. The van der Waals surface area contributed by atoms with Gasteiger partial charge < -0.3 is 5.32 Å². The van der Waals surface area contributed by atoms with E-state index in [-0.39, 0.29) is 11.6 Å². The van der Waals surface area contributed by atoms with Crippen LogP contribution in [-0.4, -0.2) is 7.05 Å². The molecule has 0 aliphatic rings. The largest absolute Gasteiger partial charge is 0.313 e. The van der Waals surface area contributed by atoms with Crippen molar-refractivity contribution in [3.8, 4) is 0 Å². The summed E-state index contributed by atoms with van der Waals surface area (Å²) in [6.45, 7) is 2.19. The highest BCUT2D eigenvalue weighted by Crippen LogP contribution is 2.25. The van der Waals surface area contributed by atoms with E-state index in [0.29, 0.717) is 0 Å². The molecule has 21 heavy (non-hydrogen) atoms. The summed E-state index contributed by atoms with van der Waals surface area (Å²) in [6.07, 6.45) is 8.96. The van der Waals surface area contributed by atoms with Crippen LogP contribution in [0, 0.1) is 17.5 Å². The number of hydrogen-bond acceptors (Lipinski definition) is 1. The molecule has 1 N–H and O–H groups in total. The SMILES string of the molecule is CCCCCCCCCC(NC)c1ccc(F)c(F)c1F. The van der Waals surface area contributed by atoms with Gasteiger partial charge in [-0.25, -0.2) is 13.2 Å². The molecule has 1 atom stereocenters. The molecule has 0 radical (unpaired) electrons. The topological polar surface area (TPSA) is 12.0 Å². The first kappa shape index (κ1) is 18.0. The quantitative estimate of drug-likeness (QED) is 0.444. The van der Waals surface area contributed by atoms with Gasteiger partial charge in [0.1, 0.15) is 0 Å². The Labute approximate surface area is 125 Å². The molecule has 120 valence electrons. The van der Waals surface area contributed by atoms with E-state index in [4.69, 9.17) is 0 Å². The smallest absolute Gasteiger partial charge is 0.194 e. The first-order valence-electron chi connectivity index (χ1n) is 7.92. The Kier molecular flexibility index (Phi) is 8.43. The van der Waals surface area contributed by atoms with Crippen LogP contribution in [0.4, 0.5) is 13.2 Å². The second-order valence-corrected chi connectivity index (χ2v) is 5.52. The van der Waals surface area contributed by atoms with Crippen molar-refractivity contribution in [3.63, 3.8) is 0 Å². The Morgan fingerprint density at radius 2 is 1.52 bits per heavy atom. The molecule has 0 aliphatic carbocycles. The molecule has 1 unspecified atom stereocenters. The van der Waals surface area contributed by atoms with E-state index in [1.807, 2.05) is 0 Å². The van der Waals surface area contributed by atoms with E-state index in [1.54, 1.807) is 7.05 Å². The van der Waals surface area contributed by atoms with Crippen LogP contribution >= 0.6 is 0 Å². The van der Waals surface area contributed by atoms with Crippen LogP contribution in [0.5, 0.6) is 0 Å². The predicted molar refractivity (Wildman–Crippen MR) is 80.7 cm³/mol. The molecule has 0 amide bonds. The highest BCUT2D eigenvalue weighted by Gasteiger charge is 2.19. The van der Waals surface area contributed by atoms with Crippen LogP contribution in [0.2, 0.25) is 0 Å². The van der Waals surface area contributed by atoms with Crippen LogP contribution in [0.3, 0.4) is 0 Å². The maximum absolute atomic E-state index is 13.8. The van der Waals surface area contributed by atoms with E-state index >= 15 is 0 Å². The van der Waals surface area contributed by atoms with Gasteiger partial charge in [0.05, 0.1) is 0 Å². The molecule has 0 spiro atoms. The van der Waals surface area contributed by atoms with Gasteiger partial charge in [-0.15, -0.1) is 0 Å². The fourth-order valence-corrected chi connectivity index (χ4v) is 2.57. The van der Waals surface area contributed by atoms with Gasteiger partial charge in [0.2, 0.25) is 0 Å². The maximum atomic E-state index is 13.8. The molecule has 0 fully saturated rings. The van der Waals surface area contributed by atoms with E-state index in [9.17, 15) is 13.2 Å². The number of rotatable bonds is 10. The molecule has 0 heterocycles. The van der Waals surface area contributed by atoms with Crippen molar-refractivity contribution in [3.05, 3.63) is 35.1 Å². The minimum Gasteiger partial charge on any atom is -0.313 e. The van der Waals surface area contributed by atoms with Crippen LogP contribution in [0.15, 0.2) is 12.1 Å². The fourth-order valence-electron chi connectivity index (χ4n) is 2.57. The van der Waals surface area contributed by atoms with Gasteiger partial charge in [0.25, 0.3) is 0 Å². The summed E-state index contributed by atoms with van der Waals surface area (Å²) < 4.78 is 40.0. The van der Waals surface area contributed by atoms with E-state index in [1.165, 1.54) is 38.2 Å². The maximum Gasteiger partial charge on any atom is 0.194 e. The summed E-state index contributed by atoms with van der Waals surface area (Å²) in [5.74, 6) is -3.59.